The van der Waals surface area contributed by atoms with E-state index in [-0.39, 0.29) is 6.10 Å². The lowest BCUT2D eigenvalue weighted by atomic mass is 10.2. The van der Waals surface area contributed by atoms with Crippen molar-refractivity contribution in [2.75, 3.05) is 13.7 Å². The molecule has 0 radical (unpaired) electrons. The monoisotopic (exact) mass is 384 g/mol. The molecule has 0 N–H and O–H groups in total. The van der Waals surface area contributed by atoms with Crippen molar-refractivity contribution in [3.8, 4) is 0 Å². The summed E-state index contributed by atoms with van der Waals surface area (Å²) in [5.74, 6) is 0.649. The zero-order valence-electron chi connectivity index (χ0n) is 10.9. The van der Waals surface area contributed by atoms with Gasteiger partial charge in [-0.1, -0.05) is 24.9 Å². The first-order valence-corrected chi connectivity index (χ1v) is 7.42. The van der Waals surface area contributed by atoms with E-state index >= 15 is 0 Å². The van der Waals surface area contributed by atoms with Gasteiger partial charge >= 0.3 is 0 Å². The summed E-state index contributed by atoms with van der Waals surface area (Å²) < 4.78 is 11.6. The number of nitrogens with zero attached hydrogens (tertiary/aromatic N) is 2. The number of aromatic nitrogens is 2. The van der Waals surface area contributed by atoms with Crippen LogP contribution < -0.4 is 0 Å². The van der Waals surface area contributed by atoms with E-state index in [9.17, 15) is 0 Å². The second-order valence-corrected chi connectivity index (χ2v) is 5.24. The molecule has 6 heteroatoms. The van der Waals surface area contributed by atoms with Gasteiger partial charge in [-0.05, 0) is 35.9 Å². The summed E-state index contributed by atoms with van der Waals surface area (Å²) in [5.41, 5.74) is 0.814. The highest BCUT2D eigenvalue weighted by Crippen LogP contribution is 2.25. The van der Waals surface area contributed by atoms with Gasteiger partial charge in [0.15, 0.2) is 5.82 Å². The molecule has 0 spiro atoms. The van der Waals surface area contributed by atoms with E-state index in [2.05, 4.69) is 39.5 Å². The van der Waals surface area contributed by atoms with E-state index in [4.69, 9.17) is 21.1 Å². The second kappa shape index (κ2) is 8.24. The predicted octanol–water partition coefficient (Wildman–Crippen LogP) is 3.76. The minimum absolute atomic E-state index is 0.0925. The molecule has 0 aromatic carbocycles. The normalized spacial score (nSPS) is 12.7. The van der Waals surface area contributed by atoms with Crippen molar-refractivity contribution in [2.24, 2.45) is 0 Å². The number of halogens is 2. The molecule has 0 amide bonds. The van der Waals surface area contributed by atoms with E-state index in [0.29, 0.717) is 24.2 Å². The van der Waals surface area contributed by atoms with Gasteiger partial charge in [-0.2, -0.15) is 0 Å². The van der Waals surface area contributed by atoms with Crippen LogP contribution in [0, 0.1) is 3.57 Å². The Morgan fingerprint density at radius 2 is 2.06 bits per heavy atom. The Balaban J connectivity index is 3.06. The summed E-state index contributed by atoms with van der Waals surface area (Å²) in [6.07, 6.45) is 1.80. The number of rotatable bonds is 7. The van der Waals surface area contributed by atoms with Gasteiger partial charge in [-0.3, -0.25) is 0 Å². The lowest BCUT2D eigenvalue weighted by Crippen LogP contribution is -2.12. The molecule has 0 saturated heterocycles. The van der Waals surface area contributed by atoms with Gasteiger partial charge in [0, 0.05) is 13.7 Å². The van der Waals surface area contributed by atoms with E-state index in [1.807, 2.05) is 6.92 Å². The van der Waals surface area contributed by atoms with Crippen molar-refractivity contribution in [1.82, 2.24) is 9.97 Å². The van der Waals surface area contributed by atoms with Crippen LogP contribution in [0.15, 0.2) is 0 Å². The maximum Gasteiger partial charge on any atom is 0.159 e. The zero-order chi connectivity index (χ0) is 13.5. The SMILES string of the molecule is CCCC(OCC)c1nc(Cl)c(I)c(COC)n1. The maximum absolute atomic E-state index is 6.13. The van der Waals surface area contributed by atoms with Crippen LogP contribution >= 0.6 is 34.2 Å². The van der Waals surface area contributed by atoms with E-state index in [1.165, 1.54) is 0 Å². The molecule has 0 saturated carbocycles. The first-order valence-electron chi connectivity index (χ1n) is 5.96. The molecule has 1 rings (SSSR count). The molecule has 1 heterocycles. The van der Waals surface area contributed by atoms with Crippen molar-refractivity contribution < 1.29 is 9.47 Å². The van der Waals surface area contributed by atoms with Crippen LogP contribution in [0.3, 0.4) is 0 Å². The third kappa shape index (κ3) is 4.29. The summed E-state index contributed by atoms with van der Waals surface area (Å²) >= 11 is 8.26. The van der Waals surface area contributed by atoms with Crippen LogP contribution in [-0.4, -0.2) is 23.7 Å². The van der Waals surface area contributed by atoms with Gasteiger partial charge in [-0.15, -0.1) is 0 Å². The van der Waals surface area contributed by atoms with Crippen molar-refractivity contribution in [2.45, 2.75) is 39.4 Å². The molecule has 18 heavy (non-hydrogen) atoms. The summed E-state index contributed by atoms with van der Waals surface area (Å²) in [6, 6.07) is 0. The van der Waals surface area contributed by atoms with Crippen molar-refractivity contribution >= 4 is 34.2 Å². The minimum atomic E-state index is -0.0925. The molecule has 0 aliphatic heterocycles. The molecular weight excluding hydrogens is 367 g/mol. The van der Waals surface area contributed by atoms with Crippen LogP contribution in [-0.2, 0) is 16.1 Å². The van der Waals surface area contributed by atoms with Gasteiger partial charge < -0.3 is 9.47 Å². The van der Waals surface area contributed by atoms with Gasteiger partial charge in [0.05, 0.1) is 15.9 Å². The highest BCUT2D eigenvalue weighted by molar-refractivity contribution is 14.1. The Morgan fingerprint density at radius 1 is 1.33 bits per heavy atom. The minimum Gasteiger partial charge on any atom is -0.378 e. The number of hydrogen-bond acceptors (Lipinski definition) is 4. The summed E-state index contributed by atoms with van der Waals surface area (Å²) in [4.78, 5) is 8.83. The molecule has 1 atom stereocenters. The van der Waals surface area contributed by atoms with E-state index in [1.54, 1.807) is 7.11 Å². The van der Waals surface area contributed by atoms with Crippen LogP contribution in [0.5, 0.6) is 0 Å². The molecule has 0 aliphatic carbocycles. The summed E-state index contributed by atoms with van der Waals surface area (Å²) in [7, 11) is 1.64. The summed E-state index contributed by atoms with van der Waals surface area (Å²) in [5, 5.41) is 0.466. The molecule has 0 aliphatic rings. The predicted molar refractivity (Wildman–Crippen MR) is 79.7 cm³/mol. The molecule has 1 aromatic heterocycles. The fraction of sp³-hybridized carbons (Fsp3) is 0.667. The van der Waals surface area contributed by atoms with Crippen LogP contribution in [0.25, 0.3) is 0 Å². The molecule has 1 aromatic rings. The first-order chi connectivity index (χ1) is 8.63. The second-order valence-electron chi connectivity index (χ2n) is 3.80. The third-order valence-electron chi connectivity index (χ3n) is 2.38. The lowest BCUT2D eigenvalue weighted by molar-refractivity contribution is 0.0488. The Bertz CT molecular complexity index is 385. The van der Waals surface area contributed by atoms with E-state index in [0.717, 1.165) is 22.1 Å². The Kier molecular flexibility index (Phi) is 7.36. The number of methoxy groups -OCH3 is 1. The zero-order valence-corrected chi connectivity index (χ0v) is 13.8. The van der Waals surface area contributed by atoms with Crippen LogP contribution in [0.4, 0.5) is 0 Å². The van der Waals surface area contributed by atoms with Crippen molar-refractivity contribution in [1.29, 1.82) is 0 Å². The summed E-state index contributed by atoms with van der Waals surface area (Å²) in [6.45, 7) is 5.14. The topological polar surface area (TPSA) is 44.2 Å². The smallest absolute Gasteiger partial charge is 0.159 e. The first kappa shape index (κ1) is 16.1. The Labute approximate surface area is 127 Å². The average molecular weight is 385 g/mol. The molecule has 1 unspecified atom stereocenters. The number of hydrogen-bond donors (Lipinski definition) is 0. The maximum atomic E-state index is 6.13. The highest BCUT2D eigenvalue weighted by atomic mass is 127. The molecule has 0 fully saturated rings. The average Bonchev–Trinajstić information content (AvgIpc) is 2.34. The van der Waals surface area contributed by atoms with Gasteiger partial charge in [0.2, 0.25) is 0 Å². The van der Waals surface area contributed by atoms with Gasteiger partial charge in [0.25, 0.3) is 0 Å². The Morgan fingerprint density at radius 3 is 2.61 bits per heavy atom. The molecular formula is C12H18ClIN2O2. The molecule has 0 bridgehead atoms. The van der Waals surface area contributed by atoms with E-state index < -0.39 is 0 Å². The van der Waals surface area contributed by atoms with Crippen LogP contribution in [0.1, 0.15) is 44.3 Å². The third-order valence-corrected chi connectivity index (χ3v) is 4.11. The van der Waals surface area contributed by atoms with Gasteiger partial charge in [0.1, 0.15) is 11.3 Å². The largest absolute Gasteiger partial charge is 0.378 e. The Hall–Kier alpha value is 0.0200. The highest BCUT2D eigenvalue weighted by Gasteiger charge is 2.18. The van der Waals surface area contributed by atoms with Crippen LogP contribution in [0.2, 0.25) is 5.15 Å². The van der Waals surface area contributed by atoms with Gasteiger partial charge in [-0.25, -0.2) is 9.97 Å². The fourth-order valence-electron chi connectivity index (χ4n) is 1.61. The van der Waals surface area contributed by atoms with Crippen molar-refractivity contribution in [3.63, 3.8) is 0 Å². The fourth-order valence-corrected chi connectivity index (χ4v) is 2.20. The number of ether oxygens (including phenoxy) is 2. The molecule has 102 valence electrons. The molecule has 4 nitrogen and oxygen atoms in total. The standard InChI is InChI=1S/C12H18ClIN2O2/c1-4-6-9(18-5-2)12-15-8(7-17-3)10(14)11(13)16-12/h9H,4-7H2,1-3H3. The quantitative estimate of drug-likeness (QED) is 0.530. The lowest BCUT2D eigenvalue weighted by Gasteiger charge is -2.16. The van der Waals surface area contributed by atoms with Crippen molar-refractivity contribution in [3.05, 3.63) is 20.2 Å².